The van der Waals surface area contributed by atoms with Crippen LogP contribution in [0.2, 0.25) is 0 Å². The summed E-state index contributed by atoms with van der Waals surface area (Å²) in [6.45, 7) is 2.00. The van der Waals surface area contributed by atoms with Crippen molar-refractivity contribution >= 4 is 23.0 Å². The van der Waals surface area contributed by atoms with Gasteiger partial charge in [-0.1, -0.05) is 17.3 Å². The molecule has 5 rings (SSSR count). The van der Waals surface area contributed by atoms with E-state index in [0.717, 1.165) is 47.8 Å². The van der Waals surface area contributed by atoms with Crippen molar-refractivity contribution in [3.05, 3.63) is 51.5 Å². The van der Waals surface area contributed by atoms with Crippen molar-refractivity contribution in [2.45, 2.75) is 75.1 Å². The number of thiazole rings is 1. The van der Waals surface area contributed by atoms with Gasteiger partial charge in [0.15, 0.2) is 0 Å². The lowest BCUT2D eigenvalue weighted by Gasteiger charge is -2.39. The van der Waals surface area contributed by atoms with Gasteiger partial charge in [-0.3, -0.25) is 9.69 Å². The second-order valence-corrected chi connectivity index (χ2v) is 11.3. The van der Waals surface area contributed by atoms with E-state index >= 15 is 0 Å². The molecule has 8 nitrogen and oxygen atoms in total. The standard InChI is InChI=1S/C26H31F3N4O4S/c1-36-15-23-30-13-22(38-23)25(35)8-5-19(6-9-25)33-10-7-18(14-33)31-24(34)21-12-20(32-37-21)16-3-2-4-17(11-16)26(27,28)29/h2-4,11,13,18-19,21,35H,5-10,12,14-15H2,1H3,(H,31,34). The zero-order chi connectivity index (χ0) is 26.9. The van der Waals surface area contributed by atoms with Gasteiger partial charge < -0.3 is 20.0 Å². The molecule has 1 aliphatic carbocycles. The number of alkyl halides is 3. The molecule has 0 radical (unpaired) electrons. The van der Waals surface area contributed by atoms with Crippen LogP contribution < -0.4 is 5.32 Å². The number of ether oxygens (including phenoxy) is 1. The Bertz CT molecular complexity index is 1180. The van der Waals surface area contributed by atoms with Crippen molar-refractivity contribution in [2.75, 3.05) is 20.2 Å². The fourth-order valence-electron chi connectivity index (χ4n) is 5.50. The van der Waals surface area contributed by atoms with Gasteiger partial charge in [-0.25, -0.2) is 4.98 Å². The number of methoxy groups -OCH3 is 1. The maximum atomic E-state index is 13.0. The monoisotopic (exact) mass is 552 g/mol. The average Bonchev–Trinajstić information content (AvgIpc) is 3.66. The molecule has 2 N–H and O–H groups in total. The third-order valence-corrected chi connectivity index (χ3v) is 8.79. The first-order valence-electron chi connectivity index (χ1n) is 12.8. The highest BCUT2D eigenvalue weighted by molar-refractivity contribution is 7.11. The number of hydrogen-bond donors (Lipinski definition) is 2. The maximum absolute atomic E-state index is 13.0. The van der Waals surface area contributed by atoms with Gasteiger partial charge in [0.05, 0.1) is 22.8 Å². The Kier molecular flexibility index (Phi) is 7.77. The van der Waals surface area contributed by atoms with E-state index in [-0.39, 0.29) is 18.4 Å². The highest BCUT2D eigenvalue weighted by atomic mass is 32.1. The van der Waals surface area contributed by atoms with E-state index in [4.69, 9.17) is 9.57 Å². The first kappa shape index (κ1) is 27.0. The minimum atomic E-state index is -4.45. The molecule has 3 heterocycles. The molecule has 1 aromatic carbocycles. The van der Waals surface area contributed by atoms with Gasteiger partial charge in [-0.05, 0) is 44.2 Å². The lowest BCUT2D eigenvalue weighted by atomic mass is 9.81. The summed E-state index contributed by atoms with van der Waals surface area (Å²) < 4.78 is 44.2. The van der Waals surface area contributed by atoms with Crippen molar-refractivity contribution in [2.24, 2.45) is 5.16 Å². The molecule has 206 valence electrons. The van der Waals surface area contributed by atoms with Crippen LogP contribution in [0.3, 0.4) is 0 Å². The van der Waals surface area contributed by atoms with Gasteiger partial charge in [-0.15, -0.1) is 11.3 Å². The third kappa shape index (κ3) is 5.88. The van der Waals surface area contributed by atoms with Crippen LogP contribution in [0.4, 0.5) is 13.2 Å². The first-order valence-corrected chi connectivity index (χ1v) is 13.6. The SMILES string of the molecule is COCc1ncc(C2(O)CCC(N3CCC(NC(=O)C4CC(c5cccc(C(F)(F)F)c5)=NO4)C3)CC2)s1. The molecule has 0 bridgehead atoms. The van der Waals surface area contributed by atoms with E-state index in [9.17, 15) is 23.1 Å². The van der Waals surface area contributed by atoms with E-state index in [1.165, 1.54) is 23.5 Å². The molecule has 0 spiro atoms. The number of carbonyl (C=O) groups excluding carboxylic acids is 1. The number of aliphatic hydroxyl groups is 1. The van der Waals surface area contributed by atoms with Crippen LogP contribution in [0.5, 0.6) is 0 Å². The number of benzene rings is 1. The van der Waals surface area contributed by atoms with Crippen molar-refractivity contribution in [3.63, 3.8) is 0 Å². The van der Waals surface area contributed by atoms with Gasteiger partial charge in [0.2, 0.25) is 6.10 Å². The summed E-state index contributed by atoms with van der Waals surface area (Å²) in [5.74, 6) is -0.308. The molecule has 2 aromatic rings. The molecule has 1 saturated heterocycles. The normalized spacial score (nSPS) is 28.2. The maximum Gasteiger partial charge on any atom is 0.416 e. The Balaban J connectivity index is 1.09. The summed E-state index contributed by atoms with van der Waals surface area (Å²) >= 11 is 1.50. The summed E-state index contributed by atoms with van der Waals surface area (Å²) in [7, 11) is 1.62. The molecule has 3 aliphatic rings. The zero-order valence-corrected chi connectivity index (χ0v) is 21.9. The molecule has 38 heavy (non-hydrogen) atoms. The Morgan fingerprint density at radius 2 is 2.11 bits per heavy atom. The Hall–Kier alpha value is -2.54. The predicted molar refractivity (Wildman–Crippen MR) is 135 cm³/mol. The quantitative estimate of drug-likeness (QED) is 0.542. The van der Waals surface area contributed by atoms with E-state index in [1.54, 1.807) is 13.3 Å². The van der Waals surface area contributed by atoms with Gasteiger partial charge in [-0.2, -0.15) is 13.2 Å². The van der Waals surface area contributed by atoms with Gasteiger partial charge in [0.1, 0.15) is 10.6 Å². The first-order chi connectivity index (χ1) is 18.1. The van der Waals surface area contributed by atoms with E-state index in [0.29, 0.717) is 43.3 Å². The van der Waals surface area contributed by atoms with Crippen LogP contribution in [0.15, 0.2) is 35.6 Å². The minimum absolute atomic E-state index is 0.0392. The molecule has 1 amide bonds. The Morgan fingerprint density at radius 3 is 2.84 bits per heavy atom. The highest BCUT2D eigenvalue weighted by Crippen LogP contribution is 2.41. The minimum Gasteiger partial charge on any atom is -0.384 e. The van der Waals surface area contributed by atoms with Gasteiger partial charge in [0.25, 0.3) is 5.91 Å². The zero-order valence-electron chi connectivity index (χ0n) is 21.0. The second-order valence-electron chi connectivity index (χ2n) is 10.2. The number of nitrogens with one attached hydrogen (secondary N) is 1. The smallest absolute Gasteiger partial charge is 0.384 e. The highest BCUT2D eigenvalue weighted by Gasteiger charge is 2.40. The van der Waals surface area contributed by atoms with Crippen LogP contribution in [-0.4, -0.2) is 65.0 Å². The number of carbonyl (C=O) groups is 1. The molecule has 1 saturated carbocycles. The number of nitrogens with zero attached hydrogens (tertiary/aromatic N) is 3. The van der Waals surface area contributed by atoms with Gasteiger partial charge >= 0.3 is 6.18 Å². The average molecular weight is 553 g/mol. The molecule has 2 unspecified atom stereocenters. The second kappa shape index (κ2) is 10.9. The summed E-state index contributed by atoms with van der Waals surface area (Å²) in [6, 6.07) is 5.18. The van der Waals surface area contributed by atoms with Crippen LogP contribution in [-0.2, 0) is 32.8 Å². The fraction of sp³-hybridized carbons (Fsp3) is 0.577. The fourth-order valence-corrected chi connectivity index (χ4v) is 6.54. The Labute approximate surface area is 222 Å². The third-order valence-electron chi connectivity index (χ3n) is 7.63. The number of rotatable bonds is 7. The number of aromatic nitrogens is 1. The summed E-state index contributed by atoms with van der Waals surface area (Å²) in [4.78, 5) is 25.7. The Morgan fingerprint density at radius 1 is 1.32 bits per heavy atom. The van der Waals surface area contributed by atoms with Crippen molar-refractivity contribution < 1.29 is 32.6 Å². The number of oxime groups is 1. The van der Waals surface area contributed by atoms with Crippen molar-refractivity contribution in [1.82, 2.24) is 15.2 Å². The topological polar surface area (TPSA) is 96.3 Å². The van der Waals surface area contributed by atoms with Gasteiger partial charge in [0, 0.05) is 50.5 Å². The lowest BCUT2D eigenvalue weighted by Crippen LogP contribution is -2.45. The molecule has 2 atom stereocenters. The van der Waals surface area contributed by atoms with Crippen molar-refractivity contribution in [1.29, 1.82) is 0 Å². The van der Waals surface area contributed by atoms with Crippen LogP contribution >= 0.6 is 11.3 Å². The molecular formula is C26H31F3N4O4S. The van der Waals surface area contributed by atoms with E-state index in [2.05, 4.69) is 20.4 Å². The van der Waals surface area contributed by atoms with Crippen molar-refractivity contribution in [3.8, 4) is 0 Å². The predicted octanol–water partition coefficient (Wildman–Crippen LogP) is 3.82. The number of likely N-dealkylation sites (tertiary alicyclic amines) is 1. The summed E-state index contributed by atoms with van der Waals surface area (Å²) in [5, 5.41) is 19.0. The summed E-state index contributed by atoms with van der Waals surface area (Å²) in [6.07, 6.45) is 0.395. The molecule has 1 aromatic heterocycles. The molecule has 12 heteroatoms. The van der Waals surface area contributed by atoms with Crippen LogP contribution in [0, 0.1) is 0 Å². The largest absolute Gasteiger partial charge is 0.416 e. The summed E-state index contributed by atoms with van der Waals surface area (Å²) in [5.41, 5.74) is -0.993. The number of amides is 1. The lowest BCUT2D eigenvalue weighted by molar-refractivity contribution is -0.137. The number of halogens is 3. The number of hydrogen-bond acceptors (Lipinski definition) is 8. The van der Waals surface area contributed by atoms with Crippen LogP contribution in [0.1, 0.15) is 59.5 Å². The molecular weight excluding hydrogens is 521 g/mol. The van der Waals surface area contributed by atoms with Crippen LogP contribution in [0.25, 0.3) is 0 Å². The molecule has 2 fully saturated rings. The van der Waals surface area contributed by atoms with E-state index < -0.39 is 23.4 Å². The van der Waals surface area contributed by atoms with E-state index in [1.807, 2.05) is 0 Å². The molecule has 2 aliphatic heterocycles.